The SMILES string of the molecule is CC1(C)SC(NC2CCCCCCC2)=NC1=O. The number of aliphatic imine (C=N–C) groups is 1. The smallest absolute Gasteiger partial charge is 0.264 e. The van der Waals surface area contributed by atoms with Crippen LogP contribution < -0.4 is 5.32 Å². The lowest BCUT2D eigenvalue weighted by Crippen LogP contribution is -2.33. The van der Waals surface area contributed by atoms with Gasteiger partial charge in [-0.3, -0.25) is 4.79 Å². The molecule has 0 spiro atoms. The predicted octanol–water partition coefficient (Wildman–Crippen LogP) is 3.10. The number of hydrogen-bond acceptors (Lipinski definition) is 3. The number of nitrogens with one attached hydrogen (secondary N) is 1. The van der Waals surface area contributed by atoms with E-state index in [0.717, 1.165) is 5.17 Å². The van der Waals surface area contributed by atoms with E-state index >= 15 is 0 Å². The minimum Gasteiger partial charge on any atom is -0.362 e. The highest BCUT2D eigenvalue weighted by molar-refractivity contribution is 8.16. The second-order valence-electron chi connectivity index (χ2n) is 5.52. The lowest BCUT2D eigenvalue weighted by molar-refractivity contribution is -0.119. The largest absolute Gasteiger partial charge is 0.362 e. The van der Waals surface area contributed by atoms with Gasteiger partial charge in [0.25, 0.3) is 5.91 Å². The Balaban J connectivity index is 1.88. The van der Waals surface area contributed by atoms with Gasteiger partial charge in [-0.25, -0.2) is 0 Å². The molecule has 96 valence electrons. The molecule has 0 aromatic heterocycles. The number of rotatable bonds is 1. The van der Waals surface area contributed by atoms with Gasteiger partial charge in [-0.1, -0.05) is 43.9 Å². The number of amidine groups is 1. The second-order valence-corrected chi connectivity index (χ2v) is 7.13. The van der Waals surface area contributed by atoms with Gasteiger partial charge in [-0.05, 0) is 26.7 Å². The molecule has 1 aliphatic carbocycles. The van der Waals surface area contributed by atoms with Gasteiger partial charge >= 0.3 is 0 Å². The van der Waals surface area contributed by atoms with Crippen LogP contribution in [0.15, 0.2) is 4.99 Å². The van der Waals surface area contributed by atoms with Gasteiger partial charge in [0.05, 0.1) is 4.75 Å². The normalized spacial score (nSPS) is 26.2. The summed E-state index contributed by atoms with van der Waals surface area (Å²) in [6, 6.07) is 0.517. The molecule has 0 aromatic carbocycles. The lowest BCUT2D eigenvalue weighted by Gasteiger charge is -2.22. The first-order valence-electron chi connectivity index (χ1n) is 6.66. The molecule has 0 radical (unpaired) electrons. The quantitative estimate of drug-likeness (QED) is 0.782. The monoisotopic (exact) mass is 254 g/mol. The summed E-state index contributed by atoms with van der Waals surface area (Å²) in [5.74, 6) is -0.00385. The number of hydrogen-bond donors (Lipinski definition) is 1. The van der Waals surface area contributed by atoms with E-state index in [0.29, 0.717) is 6.04 Å². The van der Waals surface area contributed by atoms with E-state index in [1.807, 2.05) is 13.8 Å². The summed E-state index contributed by atoms with van der Waals surface area (Å²) in [7, 11) is 0. The molecule has 1 heterocycles. The van der Waals surface area contributed by atoms with Crippen LogP contribution in [0.3, 0.4) is 0 Å². The Kier molecular flexibility index (Phi) is 4.13. The maximum Gasteiger partial charge on any atom is 0.264 e. The van der Waals surface area contributed by atoms with Crippen LogP contribution >= 0.6 is 11.8 Å². The standard InChI is InChI=1S/C13H22N2OS/c1-13(2)11(16)15-12(17-13)14-10-8-6-4-3-5-7-9-10/h10H,3-9H2,1-2H3,(H,14,15,16). The number of carbonyl (C=O) groups excluding carboxylic acids is 1. The van der Waals surface area contributed by atoms with Crippen LogP contribution in [-0.4, -0.2) is 21.9 Å². The van der Waals surface area contributed by atoms with E-state index in [-0.39, 0.29) is 10.7 Å². The molecule has 0 aromatic rings. The maximum atomic E-state index is 11.6. The molecular weight excluding hydrogens is 232 g/mol. The minimum atomic E-state index is -0.371. The molecule has 0 saturated heterocycles. The van der Waals surface area contributed by atoms with Gasteiger partial charge in [-0.15, -0.1) is 0 Å². The summed E-state index contributed by atoms with van der Waals surface area (Å²) < 4.78 is -0.371. The van der Waals surface area contributed by atoms with Crippen molar-refractivity contribution in [2.75, 3.05) is 0 Å². The van der Waals surface area contributed by atoms with Crippen LogP contribution in [-0.2, 0) is 4.79 Å². The zero-order chi connectivity index (χ0) is 12.3. The number of thioether (sulfide) groups is 1. The van der Waals surface area contributed by atoms with Gasteiger partial charge in [0.1, 0.15) is 0 Å². The van der Waals surface area contributed by atoms with Crippen molar-refractivity contribution in [2.45, 2.75) is 69.6 Å². The fourth-order valence-corrected chi connectivity index (χ4v) is 3.34. The summed E-state index contributed by atoms with van der Waals surface area (Å²) in [6.45, 7) is 3.88. The van der Waals surface area contributed by atoms with Gasteiger partial charge in [-0.2, -0.15) is 4.99 Å². The topological polar surface area (TPSA) is 41.5 Å². The van der Waals surface area contributed by atoms with Crippen molar-refractivity contribution in [3.8, 4) is 0 Å². The Hall–Kier alpha value is -0.510. The fraction of sp³-hybridized carbons (Fsp3) is 0.846. The molecule has 2 rings (SSSR count). The van der Waals surface area contributed by atoms with E-state index < -0.39 is 0 Å². The summed E-state index contributed by atoms with van der Waals surface area (Å²) in [5.41, 5.74) is 0. The highest BCUT2D eigenvalue weighted by Crippen LogP contribution is 2.32. The number of amides is 1. The van der Waals surface area contributed by atoms with Crippen molar-refractivity contribution in [2.24, 2.45) is 4.99 Å². The molecule has 17 heavy (non-hydrogen) atoms. The Labute approximate surface area is 108 Å². The van der Waals surface area contributed by atoms with Crippen LogP contribution in [0, 0.1) is 0 Å². The molecule has 1 fully saturated rings. The number of carbonyl (C=O) groups is 1. The van der Waals surface area contributed by atoms with Gasteiger partial charge < -0.3 is 5.32 Å². The van der Waals surface area contributed by atoms with E-state index in [9.17, 15) is 4.79 Å². The van der Waals surface area contributed by atoms with Gasteiger partial charge in [0, 0.05) is 6.04 Å². The van der Waals surface area contributed by atoms with Crippen LogP contribution in [0.2, 0.25) is 0 Å². The van der Waals surface area contributed by atoms with Crippen molar-refractivity contribution in [3.63, 3.8) is 0 Å². The first kappa shape index (κ1) is 12.9. The van der Waals surface area contributed by atoms with Gasteiger partial charge in [0.2, 0.25) is 0 Å². The molecule has 4 heteroatoms. The molecular formula is C13H22N2OS. The predicted molar refractivity (Wildman–Crippen MR) is 73.4 cm³/mol. The highest BCUT2D eigenvalue weighted by Gasteiger charge is 2.36. The van der Waals surface area contributed by atoms with Gasteiger partial charge in [0.15, 0.2) is 5.17 Å². The Morgan fingerprint density at radius 1 is 1.18 bits per heavy atom. The third kappa shape index (κ3) is 3.47. The van der Waals surface area contributed by atoms with Crippen molar-refractivity contribution < 1.29 is 4.79 Å². The molecule has 3 nitrogen and oxygen atoms in total. The Morgan fingerprint density at radius 3 is 2.29 bits per heavy atom. The lowest BCUT2D eigenvalue weighted by atomic mass is 9.97. The van der Waals surface area contributed by atoms with Crippen molar-refractivity contribution in [3.05, 3.63) is 0 Å². The molecule has 1 aliphatic heterocycles. The summed E-state index contributed by atoms with van der Waals surface area (Å²) in [4.78, 5) is 15.7. The average molecular weight is 254 g/mol. The zero-order valence-electron chi connectivity index (χ0n) is 10.8. The highest BCUT2D eigenvalue weighted by atomic mass is 32.2. The molecule has 1 amide bonds. The van der Waals surface area contributed by atoms with E-state index in [1.54, 1.807) is 11.8 Å². The Bertz CT molecular complexity index is 317. The fourth-order valence-electron chi connectivity index (χ4n) is 2.37. The van der Waals surface area contributed by atoms with Crippen LogP contribution in [0.25, 0.3) is 0 Å². The molecule has 0 unspecified atom stereocenters. The molecule has 1 saturated carbocycles. The van der Waals surface area contributed by atoms with Crippen LogP contribution in [0.4, 0.5) is 0 Å². The molecule has 0 bridgehead atoms. The third-order valence-corrected chi connectivity index (χ3v) is 4.59. The van der Waals surface area contributed by atoms with Crippen molar-refractivity contribution >= 4 is 22.8 Å². The second kappa shape index (κ2) is 5.42. The number of nitrogens with zero attached hydrogens (tertiary/aromatic N) is 1. The third-order valence-electron chi connectivity index (χ3n) is 3.50. The van der Waals surface area contributed by atoms with Crippen LogP contribution in [0.5, 0.6) is 0 Å². The molecule has 2 aliphatic rings. The summed E-state index contributed by atoms with van der Waals surface area (Å²) >= 11 is 1.57. The first-order valence-corrected chi connectivity index (χ1v) is 7.48. The summed E-state index contributed by atoms with van der Waals surface area (Å²) in [6.07, 6.45) is 9.11. The van der Waals surface area contributed by atoms with Crippen LogP contribution in [0.1, 0.15) is 58.8 Å². The maximum absolute atomic E-state index is 11.6. The average Bonchev–Trinajstić information content (AvgIpc) is 2.45. The first-order chi connectivity index (χ1) is 8.08. The van der Waals surface area contributed by atoms with E-state index in [2.05, 4.69) is 10.3 Å². The molecule has 1 N–H and O–H groups in total. The minimum absolute atomic E-state index is 0.00385. The van der Waals surface area contributed by atoms with Crippen molar-refractivity contribution in [1.29, 1.82) is 0 Å². The Morgan fingerprint density at radius 2 is 1.76 bits per heavy atom. The molecule has 0 atom stereocenters. The van der Waals surface area contributed by atoms with E-state index in [1.165, 1.54) is 44.9 Å². The summed E-state index contributed by atoms with van der Waals surface area (Å²) in [5, 5.41) is 4.30. The zero-order valence-corrected chi connectivity index (χ0v) is 11.6. The van der Waals surface area contributed by atoms with E-state index in [4.69, 9.17) is 0 Å². The van der Waals surface area contributed by atoms with Crippen molar-refractivity contribution in [1.82, 2.24) is 5.32 Å².